The number of aromatic nitrogens is 4. The van der Waals surface area contributed by atoms with Crippen LogP contribution in [0, 0.1) is 0 Å². The number of tetrazole rings is 1. The number of hydrogen-bond donors (Lipinski definition) is 2. The zero-order chi connectivity index (χ0) is 13.8. The molecule has 1 saturated carbocycles. The van der Waals surface area contributed by atoms with E-state index in [9.17, 15) is 9.59 Å². The lowest BCUT2D eigenvalue weighted by Gasteiger charge is -2.10. The Labute approximate surface area is 114 Å². The molecule has 1 atom stereocenters. The van der Waals surface area contributed by atoms with Gasteiger partial charge in [0, 0.05) is 6.54 Å². The SMILES string of the molecule is CCNC(=O)NC(=O)C(C)Sc1nnnn1C1CC1. The van der Waals surface area contributed by atoms with E-state index in [2.05, 4.69) is 26.2 Å². The van der Waals surface area contributed by atoms with Crippen LogP contribution in [0.3, 0.4) is 0 Å². The Morgan fingerprint density at radius 1 is 1.53 bits per heavy atom. The van der Waals surface area contributed by atoms with Crippen molar-refractivity contribution in [2.24, 2.45) is 0 Å². The molecule has 1 aliphatic rings. The van der Waals surface area contributed by atoms with Gasteiger partial charge in [-0.05, 0) is 37.1 Å². The van der Waals surface area contributed by atoms with E-state index in [1.54, 1.807) is 18.5 Å². The van der Waals surface area contributed by atoms with Gasteiger partial charge in [-0.25, -0.2) is 9.48 Å². The predicted molar refractivity (Wildman–Crippen MR) is 68.6 cm³/mol. The number of thioether (sulfide) groups is 1. The van der Waals surface area contributed by atoms with Gasteiger partial charge < -0.3 is 5.32 Å². The summed E-state index contributed by atoms with van der Waals surface area (Å²) in [6.45, 7) is 3.97. The Bertz CT molecular complexity index is 472. The third-order valence-corrected chi connectivity index (χ3v) is 3.63. The number of nitrogens with one attached hydrogen (secondary N) is 2. The van der Waals surface area contributed by atoms with E-state index in [0.717, 1.165) is 12.8 Å². The molecule has 104 valence electrons. The van der Waals surface area contributed by atoms with Crippen LogP contribution in [0.4, 0.5) is 4.79 Å². The summed E-state index contributed by atoms with van der Waals surface area (Å²) in [6, 6.07) is -0.127. The fraction of sp³-hybridized carbons (Fsp3) is 0.700. The summed E-state index contributed by atoms with van der Waals surface area (Å²) >= 11 is 1.25. The van der Waals surface area contributed by atoms with Crippen molar-refractivity contribution < 1.29 is 9.59 Å². The minimum atomic E-state index is -0.485. The monoisotopic (exact) mass is 284 g/mol. The maximum Gasteiger partial charge on any atom is 0.321 e. The van der Waals surface area contributed by atoms with Crippen molar-refractivity contribution in [3.8, 4) is 0 Å². The highest BCUT2D eigenvalue weighted by molar-refractivity contribution is 8.00. The molecule has 0 bridgehead atoms. The molecule has 2 N–H and O–H groups in total. The van der Waals surface area contributed by atoms with E-state index >= 15 is 0 Å². The third kappa shape index (κ3) is 3.66. The lowest BCUT2D eigenvalue weighted by molar-refractivity contribution is -0.119. The molecular formula is C10H16N6O2S. The molecule has 1 unspecified atom stereocenters. The van der Waals surface area contributed by atoms with E-state index in [-0.39, 0.29) is 5.91 Å². The van der Waals surface area contributed by atoms with E-state index in [0.29, 0.717) is 17.7 Å². The van der Waals surface area contributed by atoms with Crippen molar-refractivity contribution >= 4 is 23.7 Å². The summed E-state index contributed by atoms with van der Waals surface area (Å²) < 4.78 is 1.74. The normalized spacial score (nSPS) is 15.9. The van der Waals surface area contributed by atoms with Crippen LogP contribution in [0.1, 0.15) is 32.7 Å². The van der Waals surface area contributed by atoms with Crippen molar-refractivity contribution in [1.82, 2.24) is 30.8 Å². The van der Waals surface area contributed by atoms with Gasteiger partial charge in [0.15, 0.2) is 0 Å². The highest BCUT2D eigenvalue weighted by atomic mass is 32.2. The van der Waals surface area contributed by atoms with E-state index in [4.69, 9.17) is 0 Å². The van der Waals surface area contributed by atoms with Gasteiger partial charge in [-0.1, -0.05) is 11.8 Å². The number of urea groups is 1. The fourth-order valence-electron chi connectivity index (χ4n) is 1.44. The lowest BCUT2D eigenvalue weighted by Crippen LogP contribution is -2.42. The molecule has 19 heavy (non-hydrogen) atoms. The maximum atomic E-state index is 11.8. The number of carbonyl (C=O) groups excluding carboxylic acids is 2. The van der Waals surface area contributed by atoms with Crippen LogP contribution in [0.5, 0.6) is 0 Å². The van der Waals surface area contributed by atoms with Gasteiger partial charge in [0.2, 0.25) is 11.1 Å². The first-order valence-electron chi connectivity index (χ1n) is 6.15. The summed E-state index contributed by atoms with van der Waals surface area (Å²) in [5, 5.41) is 16.4. The Hall–Kier alpha value is -1.64. The Kier molecular flexibility index (Phi) is 4.35. The smallest absolute Gasteiger partial charge is 0.321 e. The van der Waals surface area contributed by atoms with E-state index in [1.807, 2.05) is 0 Å². The van der Waals surface area contributed by atoms with Crippen molar-refractivity contribution in [2.45, 2.75) is 43.1 Å². The topological polar surface area (TPSA) is 102 Å². The van der Waals surface area contributed by atoms with Crippen molar-refractivity contribution in [1.29, 1.82) is 0 Å². The lowest BCUT2D eigenvalue weighted by atomic mass is 10.4. The fourth-order valence-corrected chi connectivity index (χ4v) is 2.30. The van der Waals surface area contributed by atoms with Gasteiger partial charge in [0.25, 0.3) is 0 Å². The molecule has 2 rings (SSSR count). The first-order valence-corrected chi connectivity index (χ1v) is 7.03. The van der Waals surface area contributed by atoms with Gasteiger partial charge in [-0.2, -0.15) is 0 Å². The average molecular weight is 284 g/mol. The summed E-state index contributed by atoms with van der Waals surface area (Å²) in [6.07, 6.45) is 2.14. The Morgan fingerprint density at radius 2 is 2.26 bits per heavy atom. The van der Waals surface area contributed by atoms with Gasteiger partial charge in [0.1, 0.15) is 0 Å². The summed E-state index contributed by atoms with van der Waals surface area (Å²) in [7, 11) is 0. The number of carbonyl (C=O) groups is 2. The molecule has 3 amide bonds. The highest BCUT2D eigenvalue weighted by Gasteiger charge is 2.29. The van der Waals surface area contributed by atoms with Gasteiger partial charge >= 0.3 is 6.03 Å². The quantitative estimate of drug-likeness (QED) is 0.756. The predicted octanol–water partition coefficient (Wildman–Crippen LogP) is 0.334. The van der Waals surface area contributed by atoms with Gasteiger partial charge in [-0.15, -0.1) is 5.10 Å². The second kappa shape index (κ2) is 6.00. The van der Waals surface area contributed by atoms with Crippen LogP contribution in [0.25, 0.3) is 0 Å². The molecule has 0 saturated heterocycles. The minimum Gasteiger partial charge on any atom is -0.338 e. The molecule has 1 heterocycles. The number of nitrogens with zero attached hydrogens (tertiary/aromatic N) is 4. The molecular weight excluding hydrogens is 268 g/mol. The molecule has 0 aliphatic heterocycles. The van der Waals surface area contributed by atoms with Gasteiger partial charge in [-0.3, -0.25) is 10.1 Å². The molecule has 9 heteroatoms. The van der Waals surface area contributed by atoms with Crippen LogP contribution < -0.4 is 10.6 Å². The molecule has 0 aromatic carbocycles. The van der Waals surface area contributed by atoms with Crippen LogP contribution in [-0.2, 0) is 4.79 Å². The van der Waals surface area contributed by atoms with Crippen LogP contribution in [0.15, 0.2) is 5.16 Å². The molecule has 1 fully saturated rings. The summed E-state index contributed by atoms with van der Waals surface area (Å²) in [5.41, 5.74) is 0. The minimum absolute atomic E-state index is 0.358. The average Bonchev–Trinajstić information content (AvgIpc) is 3.10. The molecule has 1 aliphatic carbocycles. The Morgan fingerprint density at radius 3 is 2.89 bits per heavy atom. The molecule has 1 aromatic rings. The third-order valence-electron chi connectivity index (χ3n) is 2.58. The molecule has 1 aromatic heterocycles. The van der Waals surface area contributed by atoms with Crippen LogP contribution in [0.2, 0.25) is 0 Å². The number of imide groups is 1. The van der Waals surface area contributed by atoms with E-state index < -0.39 is 11.3 Å². The first-order chi connectivity index (χ1) is 9.11. The second-order valence-corrected chi connectivity index (χ2v) is 5.55. The molecule has 8 nitrogen and oxygen atoms in total. The summed E-state index contributed by atoms with van der Waals surface area (Å²) in [4.78, 5) is 23.0. The van der Waals surface area contributed by atoms with Crippen molar-refractivity contribution in [2.75, 3.05) is 6.54 Å². The van der Waals surface area contributed by atoms with Crippen LogP contribution in [-0.4, -0.2) is 43.9 Å². The number of rotatable bonds is 5. The first kappa shape index (κ1) is 13.8. The largest absolute Gasteiger partial charge is 0.338 e. The zero-order valence-corrected chi connectivity index (χ0v) is 11.6. The van der Waals surface area contributed by atoms with Gasteiger partial charge in [0.05, 0.1) is 11.3 Å². The van der Waals surface area contributed by atoms with Crippen molar-refractivity contribution in [3.63, 3.8) is 0 Å². The summed E-state index contributed by atoms with van der Waals surface area (Å²) in [5.74, 6) is -0.360. The van der Waals surface area contributed by atoms with Crippen molar-refractivity contribution in [3.05, 3.63) is 0 Å². The number of amides is 3. The molecule has 0 spiro atoms. The number of hydrogen-bond acceptors (Lipinski definition) is 6. The maximum absolute atomic E-state index is 11.8. The zero-order valence-electron chi connectivity index (χ0n) is 10.8. The Balaban J connectivity index is 1.89. The van der Waals surface area contributed by atoms with Crippen LogP contribution >= 0.6 is 11.8 Å². The second-order valence-electron chi connectivity index (χ2n) is 4.25. The highest BCUT2D eigenvalue weighted by Crippen LogP contribution is 2.37. The standard InChI is InChI=1S/C10H16N6O2S/c1-3-11-9(18)12-8(17)6(2)19-10-13-14-15-16(10)7-4-5-7/h6-7H,3-5H2,1-2H3,(H2,11,12,17,18). The molecule has 0 radical (unpaired) electrons. The van der Waals surface area contributed by atoms with E-state index in [1.165, 1.54) is 11.8 Å².